The van der Waals surface area contributed by atoms with E-state index in [0.717, 1.165) is 11.1 Å². The molecule has 0 saturated carbocycles. The van der Waals surface area contributed by atoms with Crippen molar-refractivity contribution in [1.82, 2.24) is 9.55 Å². The topological polar surface area (TPSA) is 133 Å². The van der Waals surface area contributed by atoms with Gasteiger partial charge in [0.2, 0.25) is 10.0 Å². The van der Waals surface area contributed by atoms with E-state index in [0.29, 0.717) is 22.5 Å². The Morgan fingerprint density at radius 3 is 2.16 bits per heavy atom. The molecule has 32 heavy (non-hydrogen) atoms. The molecule has 4 N–H and O–H groups in total. The fourth-order valence-electron chi connectivity index (χ4n) is 3.22. The van der Waals surface area contributed by atoms with Crippen LogP contribution in [0.1, 0.15) is 30.9 Å². The second-order valence-electron chi connectivity index (χ2n) is 7.38. The number of aromatic nitrogens is 2. The van der Waals surface area contributed by atoms with Gasteiger partial charge in [0.1, 0.15) is 22.2 Å². The summed E-state index contributed by atoms with van der Waals surface area (Å²) in [6.45, 7) is 4.20. The van der Waals surface area contributed by atoms with Crippen molar-refractivity contribution in [2.24, 2.45) is 15.9 Å². The van der Waals surface area contributed by atoms with Crippen molar-refractivity contribution >= 4 is 27.6 Å². The monoisotopic (exact) mass is 471 g/mol. The van der Waals surface area contributed by atoms with Crippen LogP contribution < -0.4 is 16.4 Å². The summed E-state index contributed by atoms with van der Waals surface area (Å²) in [4.78, 5) is 22.3. The first-order chi connectivity index (χ1) is 15.1. The lowest BCUT2D eigenvalue weighted by molar-refractivity contribution is 0.598. The largest absolute Gasteiger partial charge is 0.383 e. The van der Waals surface area contributed by atoms with Gasteiger partial charge >= 0.3 is 0 Å². The van der Waals surface area contributed by atoms with Crippen LogP contribution in [0.15, 0.2) is 68.2 Å². The number of amidine groups is 1. The molecule has 0 bridgehead atoms. The van der Waals surface area contributed by atoms with Gasteiger partial charge in [-0.05, 0) is 42.0 Å². The Morgan fingerprint density at radius 2 is 1.69 bits per heavy atom. The number of primary sulfonamides is 1. The lowest BCUT2D eigenvalue weighted by atomic mass is 10.0. The Kier molecular flexibility index (Phi) is 6.87. The third-order valence-electron chi connectivity index (χ3n) is 5.00. The molecule has 0 fully saturated rings. The number of nitrogens with two attached hydrogens (primary N) is 2. The number of rotatable bonds is 6. The molecule has 8 nitrogen and oxygen atoms in total. The third kappa shape index (κ3) is 4.62. The van der Waals surface area contributed by atoms with Crippen LogP contribution in [0.25, 0.3) is 17.1 Å². The fourth-order valence-corrected chi connectivity index (χ4v) is 4.30. The SMILES string of the molecule is CN=C(N)c1c(SC)nc(-c2ccc(C(C)C)cc2)n(-c2ccc(S(N)(=O)=O)cc2)c1=O. The van der Waals surface area contributed by atoms with Gasteiger partial charge in [0.25, 0.3) is 5.56 Å². The molecule has 0 spiro atoms. The minimum atomic E-state index is -3.87. The smallest absolute Gasteiger partial charge is 0.270 e. The summed E-state index contributed by atoms with van der Waals surface area (Å²) in [5.74, 6) is 0.837. The molecule has 10 heteroatoms. The van der Waals surface area contributed by atoms with Crippen molar-refractivity contribution in [2.45, 2.75) is 29.7 Å². The summed E-state index contributed by atoms with van der Waals surface area (Å²) in [6.07, 6.45) is 1.81. The third-order valence-corrected chi connectivity index (χ3v) is 6.61. The normalized spacial score (nSPS) is 12.4. The lowest BCUT2D eigenvalue weighted by Gasteiger charge is -2.17. The zero-order valence-corrected chi connectivity index (χ0v) is 19.9. The average Bonchev–Trinajstić information content (AvgIpc) is 2.77. The molecule has 0 atom stereocenters. The minimum Gasteiger partial charge on any atom is -0.383 e. The van der Waals surface area contributed by atoms with Gasteiger partial charge in [0.05, 0.1) is 10.6 Å². The number of thioether (sulfide) groups is 1. The average molecular weight is 472 g/mol. The van der Waals surface area contributed by atoms with Gasteiger partial charge in [-0.3, -0.25) is 14.4 Å². The van der Waals surface area contributed by atoms with E-state index in [9.17, 15) is 13.2 Å². The van der Waals surface area contributed by atoms with Crippen molar-refractivity contribution < 1.29 is 8.42 Å². The Hall–Kier alpha value is -2.95. The Balaban J connectivity index is 2.35. The van der Waals surface area contributed by atoms with E-state index in [1.807, 2.05) is 30.5 Å². The standard InChI is InChI=1S/C22H25N5O3S2/c1-13(2)14-5-7-15(8-6-14)20-26-21(31-4)18(19(23)25-3)22(28)27(20)16-9-11-17(12-10-16)32(24,29)30/h5-13H,1-4H3,(H2,23,25)(H2,24,29,30). The summed E-state index contributed by atoms with van der Waals surface area (Å²) < 4.78 is 24.7. The van der Waals surface area contributed by atoms with E-state index in [1.165, 1.54) is 47.6 Å². The van der Waals surface area contributed by atoms with Gasteiger partial charge in [-0.2, -0.15) is 0 Å². The molecule has 0 unspecified atom stereocenters. The summed E-state index contributed by atoms with van der Waals surface area (Å²) in [5, 5.41) is 5.67. The molecule has 1 aromatic heterocycles. The first kappa shape index (κ1) is 23.7. The molecule has 0 aliphatic rings. The van der Waals surface area contributed by atoms with Crippen LogP contribution in [0, 0.1) is 0 Å². The van der Waals surface area contributed by atoms with Crippen molar-refractivity contribution in [3.63, 3.8) is 0 Å². The number of hydrogen-bond acceptors (Lipinski definition) is 6. The van der Waals surface area contributed by atoms with E-state index < -0.39 is 15.6 Å². The number of nitrogens with zero attached hydrogens (tertiary/aromatic N) is 3. The first-order valence-electron chi connectivity index (χ1n) is 9.75. The molecule has 168 valence electrons. The highest BCUT2D eigenvalue weighted by molar-refractivity contribution is 7.98. The Morgan fingerprint density at radius 1 is 1.09 bits per heavy atom. The van der Waals surface area contributed by atoms with Crippen LogP contribution in [-0.2, 0) is 10.0 Å². The van der Waals surface area contributed by atoms with Crippen LogP contribution >= 0.6 is 11.8 Å². The zero-order chi connectivity index (χ0) is 23.6. The van der Waals surface area contributed by atoms with Crippen LogP contribution in [0.4, 0.5) is 0 Å². The quantitative estimate of drug-likeness (QED) is 0.246. The summed E-state index contributed by atoms with van der Waals surface area (Å²) >= 11 is 1.30. The highest BCUT2D eigenvalue weighted by Crippen LogP contribution is 2.26. The van der Waals surface area contributed by atoms with Gasteiger partial charge in [0.15, 0.2) is 0 Å². The fraction of sp³-hybridized carbons (Fsp3) is 0.227. The molecule has 3 aromatic rings. The van der Waals surface area contributed by atoms with Crippen LogP contribution in [-0.4, -0.2) is 37.1 Å². The van der Waals surface area contributed by atoms with Crippen LogP contribution in [0.3, 0.4) is 0 Å². The van der Waals surface area contributed by atoms with Gasteiger partial charge in [0, 0.05) is 12.6 Å². The van der Waals surface area contributed by atoms with E-state index in [4.69, 9.17) is 15.9 Å². The highest BCUT2D eigenvalue weighted by atomic mass is 32.2. The Labute approximate surface area is 191 Å². The minimum absolute atomic E-state index is 0.0549. The van der Waals surface area contributed by atoms with Gasteiger partial charge in [-0.1, -0.05) is 38.1 Å². The summed E-state index contributed by atoms with van der Waals surface area (Å²) in [7, 11) is -2.37. The van der Waals surface area contributed by atoms with E-state index >= 15 is 0 Å². The summed E-state index contributed by atoms with van der Waals surface area (Å²) in [5.41, 5.74) is 8.13. The van der Waals surface area contributed by atoms with Crippen molar-refractivity contribution in [3.05, 3.63) is 70.0 Å². The molecular formula is C22H25N5O3S2. The maximum Gasteiger partial charge on any atom is 0.270 e. The molecule has 0 saturated heterocycles. The number of sulfonamides is 1. The van der Waals surface area contributed by atoms with Crippen molar-refractivity contribution in [3.8, 4) is 17.1 Å². The molecule has 0 radical (unpaired) electrons. The number of aliphatic imine (C=N–C) groups is 1. The number of hydrogen-bond donors (Lipinski definition) is 2. The maximum absolute atomic E-state index is 13.6. The van der Waals surface area contributed by atoms with Gasteiger partial charge in [-0.25, -0.2) is 18.5 Å². The second kappa shape index (κ2) is 9.27. The molecule has 3 rings (SSSR count). The van der Waals surface area contributed by atoms with Gasteiger partial charge in [-0.15, -0.1) is 11.8 Å². The van der Waals surface area contributed by atoms with E-state index in [-0.39, 0.29) is 16.3 Å². The van der Waals surface area contributed by atoms with Crippen LogP contribution in [0.5, 0.6) is 0 Å². The molecule has 0 aliphatic heterocycles. The highest BCUT2D eigenvalue weighted by Gasteiger charge is 2.21. The molecular weight excluding hydrogens is 446 g/mol. The maximum atomic E-state index is 13.6. The Bertz CT molecular complexity index is 1330. The summed E-state index contributed by atoms with van der Waals surface area (Å²) in [6, 6.07) is 13.5. The predicted octanol–water partition coefficient (Wildman–Crippen LogP) is 2.73. The van der Waals surface area contributed by atoms with E-state index in [2.05, 4.69) is 18.8 Å². The van der Waals surface area contributed by atoms with Crippen molar-refractivity contribution in [2.75, 3.05) is 13.3 Å². The molecule has 2 aromatic carbocycles. The predicted molar refractivity (Wildman–Crippen MR) is 129 cm³/mol. The van der Waals surface area contributed by atoms with Crippen molar-refractivity contribution in [1.29, 1.82) is 0 Å². The zero-order valence-electron chi connectivity index (χ0n) is 18.2. The molecule has 0 aliphatic carbocycles. The molecule has 0 amide bonds. The molecule has 1 heterocycles. The first-order valence-corrected chi connectivity index (χ1v) is 12.5. The number of benzene rings is 2. The second-order valence-corrected chi connectivity index (χ2v) is 9.74. The van der Waals surface area contributed by atoms with Crippen LogP contribution in [0.2, 0.25) is 0 Å². The lowest BCUT2D eigenvalue weighted by Crippen LogP contribution is -2.32. The van der Waals surface area contributed by atoms with E-state index in [1.54, 1.807) is 0 Å². The van der Waals surface area contributed by atoms with Gasteiger partial charge < -0.3 is 5.73 Å².